The first-order chi connectivity index (χ1) is 6.61. The van der Waals surface area contributed by atoms with Crippen LogP contribution >= 0.6 is 0 Å². The smallest absolute Gasteiger partial charge is 0.253 e. The molecule has 1 amide bonds. The third-order valence-electron chi connectivity index (χ3n) is 2.03. The summed E-state index contributed by atoms with van der Waals surface area (Å²) in [7, 11) is 1.73. The van der Waals surface area contributed by atoms with Gasteiger partial charge in [0.05, 0.1) is 19.8 Å². The fourth-order valence-electron chi connectivity index (χ4n) is 1.40. The highest BCUT2D eigenvalue weighted by Crippen LogP contribution is 2.04. The van der Waals surface area contributed by atoms with Crippen molar-refractivity contribution in [2.24, 2.45) is 5.73 Å². The molecule has 0 bridgehead atoms. The quantitative estimate of drug-likeness (QED) is 0.651. The number of nitrogens with two attached hydrogens (primary N) is 1. The molecule has 0 radical (unpaired) electrons. The number of rotatable bonds is 3. The van der Waals surface area contributed by atoms with E-state index in [0.29, 0.717) is 26.4 Å². The van der Waals surface area contributed by atoms with Crippen LogP contribution in [0, 0.1) is 0 Å². The molecule has 1 aliphatic rings. The number of nitrogens with zero attached hydrogens (tertiary/aromatic N) is 1. The van der Waals surface area contributed by atoms with Crippen LogP contribution in [0.1, 0.15) is 6.92 Å². The first-order valence-corrected chi connectivity index (χ1v) is 4.81. The molecule has 2 N–H and O–H groups in total. The van der Waals surface area contributed by atoms with Crippen LogP contribution in [0.2, 0.25) is 0 Å². The molecule has 2 atom stereocenters. The molecule has 82 valence electrons. The van der Waals surface area contributed by atoms with Crippen molar-refractivity contribution in [2.75, 3.05) is 33.4 Å². The van der Waals surface area contributed by atoms with Gasteiger partial charge >= 0.3 is 0 Å². The van der Waals surface area contributed by atoms with E-state index in [1.807, 2.05) is 6.92 Å². The number of carbonyl (C=O) groups is 1. The van der Waals surface area contributed by atoms with Crippen LogP contribution in [0.25, 0.3) is 0 Å². The van der Waals surface area contributed by atoms with Crippen LogP contribution < -0.4 is 5.73 Å². The summed E-state index contributed by atoms with van der Waals surface area (Å²) in [6, 6.07) is -0.0199. The molecule has 0 aromatic heterocycles. The SMILES string of the molecule is CC(N)CN(C)C(=O)C1COCCO1. The predicted octanol–water partition coefficient (Wildman–Crippen LogP) is -0.793. The van der Waals surface area contributed by atoms with E-state index >= 15 is 0 Å². The van der Waals surface area contributed by atoms with Crippen molar-refractivity contribution in [3.8, 4) is 0 Å². The van der Waals surface area contributed by atoms with Gasteiger partial charge in [-0.2, -0.15) is 0 Å². The van der Waals surface area contributed by atoms with Crippen molar-refractivity contribution in [1.82, 2.24) is 4.90 Å². The summed E-state index contributed by atoms with van der Waals surface area (Å²) in [6.07, 6.45) is -0.451. The number of carbonyl (C=O) groups excluding carboxylic acids is 1. The number of amides is 1. The molecule has 0 aromatic carbocycles. The minimum Gasteiger partial charge on any atom is -0.376 e. The van der Waals surface area contributed by atoms with Gasteiger partial charge in [-0.15, -0.1) is 0 Å². The van der Waals surface area contributed by atoms with Gasteiger partial charge in [0.15, 0.2) is 6.10 Å². The summed E-state index contributed by atoms with van der Waals surface area (Å²) in [5.74, 6) is -0.0537. The van der Waals surface area contributed by atoms with Gasteiger partial charge < -0.3 is 20.1 Å². The Bertz CT molecular complexity index is 190. The fourth-order valence-corrected chi connectivity index (χ4v) is 1.40. The Morgan fingerprint density at radius 3 is 2.86 bits per heavy atom. The third-order valence-corrected chi connectivity index (χ3v) is 2.03. The topological polar surface area (TPSA) is 64.8 Å². The highest BCUT2D eigenvalue weighted by molar-refractivity contribution is 5.80. The maximum Gasteiger partial charge on any atom is 0.253 e. The van der Waals surface area contributed by atoms with Gasteiger partial charge in [0.25, 0.3) is 5.91 Å². The fraction of sp³-hybridized carbons (Fsp3) is 0.889. The van der Waals surface area contributed by atoms with Crippen molar-refractivity contribution in [2.45, 2.75) is 19.1 Å². The summed E-state index contributed by atoms with van der Waals surface area (Å²) in [5, 5.41) is 0. The van der Waals surface area contributed by atoms with Crippen molar-refractivity contribution in [3.63, 3.8) is 0 Å². The molecule has 1 rings (SSSR count). The van der Waals surface area contributed by atoms with Crippen LogP contribution in [-0.2, 0) is 14.3 Å². The summed E-state index contributed by atoms with van der Waals surface area (Å²) >= 11 is 0. The second-order valence-corrected chi connectivity index (χ2v) is 3.63. The Balaban J connectivity index is 2.38. The third kappa shape index (κ3) is 3.25. The van der Waals surface area contributed by atoms with Crippen LogP contribution in [0.3, 0.4) is 0 Å². The zero-order valence-electron chi connectivity index (χ0n) is 8.73. The minimum absolute atomic E-state index is 0.0199. The van der Waals surface area contributed by atoms with Crippen molar-refractivity contribution >= 4 is 5.91 Å². The summed E-state index contributed by atoms with van der Waals surface area (Å²) < 4.78 is 10.4. The number of hydrogen-bond acceptors (Lipinski definition) is 4. The number of hydrogen-bond donors (Lipinski definition) is 1. The lowest BCUT2D eigenvalue weighted by molar-refractivity contribution is -0.156. The van der Waals surface area contributed by atoms with Crippen molar-refractivity contribution in [3.05, 3.63) is 0 Å². The predicted molar refractivity (Wildman–Crippen MR) is 51.8 cm³/mol. The van der Waals surface area contributed by atoms with Crippen LogP contribution in [0.5, 0.6) is 0 Å². The second kappa shape index (κ2) is 5.29. The Labute approximate surface area is 84.1 Å². The molecule has 0 spiro atoms. The zero-order chi connectivity index (χ0) is 10.6. The molecular formula is C9H18N2O3. The summed E-state index contributed by atoms with van der Waals surface area (Å²) in [5.41, 5.74) is 5.59. The molecule has 1 saturated heterocycles. The van der Waals surface area contributed by atoms with Crippen molar-refractivity contribution < 1.29 is 14.3 Å². The second-order valence-electron chi connectivity index (χ2n) is 3.63. The average Bonchev–Trinajstić information content (AvgIpc) is 2.17. The Morgan fingerprint density at radius 1 is 1.64 bits per heavy atom. The molecule has 1 aliphatic heterocycles. The van der Waals surface area contributed by atoms with E-state index in [0.717, 1.165) is 0 Å². The van der Waals surface area contributed by atoms with E-state index in [1.54, 1.807) is 11.9 Å². The lowest BCUT2D eigenvalue weighted by Gasteiger charge is -2.27. The maximum absolute atomic E-state index is 11.7. The van der Waals surface area contributed by atoms with Gasteiger partial charge in [-0.1, -0.05) is 0 Å². The van der Waals surface area contributed by atoms with E-state index < -0.39 is 6.10 Å². The van der Waals surface area contributed by atoms with E-state index in [9.17, 15) is 4.79 Å². The number of likely N-dealkylation sites (N-methyl/N-ethyl adjacent to an activating group) is 1. The average molecular weight is 202 g/mol. The van der Waals surface area contributed by atoms with E-state index in [-0.39, 0.29) is 11.9 Å². The first-order valence-electron chi connectivity index (χ1n) is 4.81. The Morgan fingerprint density at radius 2 is 2.36 bits per heavy atom. The van der Waals surface area contributed by atoms with Crippen LogP contribution in [0.4, 0.5) is 0 Å². The van der Waals surface area contributed by atoms with Gasteiger partial charge in [-0.25, -0.2) is 0 Å². The lowest BCUT2D eigenvalue weighted by Crippen LogP contribution is -2.46. The maximum atomic E-state index is 11.7. The Kier molecular flexibility index (Phi) is 4.31. The van der Waals surface area contributed by atoms with Gasteiger partial charge in [0.2, 0.25) is 0 Å². The number of ether oxygens (including phenoxy) is 2. The lowest BCUT2D eigenvalue weighted by atomic mass is 10.2. The van der Waals surface area contributed by atoms with Gasteiger partial charge in [-0.05, 0) is 6.92 Å². The van der Waals surface area contributed by atoms with Crippen molar-refractivity contribution in [1.29, 1.82) is 0 Å². The first kappa shape index (κ1) is 11.4. The monoisotopic (exact) mass is 202 g/mol. The zero-order valence-corrected chi connectivity index (χ0v) is 8.73. The molecular weight excluding hydrogens is 184 g/mol. The Hall–Kier alpha value is -0.650. The van der Waals surface area contributed by atoms with E-state index in [2.05, 4.69) is 0 Å². The standard InChI is InChI=1S/C9H18N2O3/c1-7(10)5-11(2)9(12)8-6-13-3-4-14-8/h7-8H,3-6,10H2,1-2H3. The summed E-state index contributed by atoms with van der Waals surface area (Å²) in [4.78, 5) is 13.3. The van der Waals surface area contributed by atoms with E-state index in [4.69, 9.17) is 15.2 Å². The molecule has 1 heterocycles. The molecule has 5 heteroatoms. The van der Waals surface area contributed by atoms with Crippen LogP contribution in [0.15, 0.2) is 0 Å². The van der Waals surface area contributed by atoms with Gasteiger partial charge in [-0.3, -0.25) is 4.79 Å². The summed E-state index contributed by atoms with van der Waals surface area (Å²) in [6.45, 7) is 3.81. The highest BCUT2D eigenvalue weighted by Gasteiger charge is 2.25. The van der Waals surface area contributed by atoms with Gasteiger partial charge in [0.1, 0.15) is 0 Å². The molecule has 0 aromatic rings. The normalized spacial score (nSPS) is 24.4. The van der Waals surface area contributed by atoms with Gasteiger partial charge in [0, 0.05) is 19.6 Å². The molecule has 1 fully saturated rings. The molecule has 2 unspecified atom stereocenters. The molecule has 14 heavy (non-hydrogen) atoms. The highest BCUT2D eigenvalue weighted by atomic mass is 16.6. The minimum atomic E-state index is -0.451. The molecule has 0 aliphatic carbocycles. The molecule has 0 saturated carbocycles. The molecule has 5 nitrogen and oxygen atoms in total. The van der Waals surface area contributed by atoms with E-state index in [1.165, 1.54) is 0 Å². The largest absolute Gasteiger partial charge is 0.376 e. The van der Waals surface area contributed by atoms with Crippen LogP contribution in [-0.4, -0.2) is 56.4 Å².